The van der Waals surface area contributed by atoms with Crippen molar-refractivity contribution in [2.75, 3.05) is 27.4 Å². The van der Waals surface area contributed by atoms with Gasteiger partial charge < -0.3 is 19.9 Å². The van der Waals surface area contributed by atoms with Gasteiger partial charge in [0.25, 0.3) is 0 Å². The summed E-state index contributed by atoms with van der Waals surface area (Å²) in [5.41, 5.74) is 0.944. The average molecular weight is 274 g/mol. The van der Waals surface area contributed by atoms with E-state index in [2.05, 4.69) is 5.32 Å². The number of aliphatic hydroxyl groups is 1. The Balaban J connectivity index is 2.72. The molecule has 0 radical (unpaired) electrons. The monoisotopic (exact) mass is 273 g/mol. The lowest BCUT2D eigenvalue weighted by molar-refractivity contribution is 0.233. The Kier molecular flexibility index (Phi) is 6.25. The highest BCUT2D eigenvalue weighted by molar-refractivity contribution is 6.33. The van der Waals surface area contributed by atoms with Gasteiger partial charge in [-0.25, -0.2) is 0 Å². The maximum atomic E-state index is 8.93. The minimum atomic E-state index is 0.173. The van der Waals surface area contributed by atoms with Crippen LogP contribution in [0.15, 0.2) is 12.1 Å². The Labute approximate surface area is 113 Å². The van der Waals surface area contributed by atoms with Gasteiger partial charge in [-0.3, -0.25) is 0 Å². The van der Waals surface area contributed by atoms with Crippen molar-refractivity contribution in [3.8, 4) is 11.5 Å². The van der Waals surface area contributed by atoms with Crippen molar-refractivity contribution in [2.24, 2.45) is 5.92 Å². The number of ether oxygens (including phenoxy) is 2. The molecule has 1 aromatic carbocycles. The Morgan fingerprint density at radius 1 is 1.33 bits per heavy atom. The molecule has 0 aliphatic rings. The van der Waals surface area contributed by atoms with Gasteiger partial charge in [0.15, 0.2) is 11.5 Å². The van der Waals surface area contributed by atoms with Crippen LogP contribution in [0.3, 0.4) is 0 Å². The van der Waals surface area contributed by atoms with Crippen LogP contribution in [0.2, 0.25) is 5.02 Å². The van der Waals surface area contributed by atoms with Crippen LogP contribution >= 0.6 is 11.6 Å². The van der Waals surface area contributed by atoms with Crippen LogP contribution in [0.5, 0.6) is 11.5 Å². The van der Waals surface area contributed by atoms with Crippen molar-refractivity contribution in [3.05, 3.63) is 22.7 Å². The largest absolute Gasteiger partial charge is 0.493 e. The summed E-state index contributed by atoms with van der Waals surface area (Å²) in [6, 6.07) is 3.73. The number of benzene rings is 1. The zero-order valence-corrected chi connectivity index (χ0v) is 11.8. The molecule has 0 aromatic heterocycles. The second-order valence-electron chi connectivity index (χ2n) is 4.19. The molecule has 0 aliphatic carbocycles. The van der Waals surface area contributed by atoms with E-state index in [1.807, 2.05) is 19.1 Å². The summed E-state index contributed by atoms with van der Waals surface area (Å²) in [4.78, 5) is 0. The van der Waals surface area contributed by atoms with Gasteiger partial charge in [-0.2, -0.15) is 0 Å². The molecule has 102 valence electrons. The number of nitrogens with one attached hydrogen (secondary N) is 1. The Hall–Kier alpha value is -0.970. The van der Waals surface area contributed by atoms with Crippen LogP contribution in [-0.4, -0.2) is 32.5 Å². The zero-order chi connectivity index (χ0) is 13.5. The molecule has 1 aromatic rings. The number of methoxy groups -OCH3 is 2. The van der Waals surface area contributed by atoms with Gasteiger partial charge in [-0.15, -0.1) is 0 Å². The Morgan fingerprint density at radius 3 is 2.61 bits per heavy atom. The summed E-state index contributed by atoms with van der Waals surface area (Å²) in [6.45, 7) is 3.51. The van der Waals surface area contributed by atoms with Gasteiger partial charge in [0.05, 0.1) is 19.2 Å². The molecule has 0 amide bonds. The van der Waals surface area contributed by atoms with Crippen LogP contribution in [0.25, 0.3) is 0 Å². The fourth-order valence-corrected chi connectivity index (χ4v) is 1.88. The van der Waals surface area contributed by atoms with E-state index >= 15 is 0 Å². The van der Waals surface area contributed by atoms with Gasteiger partial charge in [-0.05, 0) is 17.5 Å². The van der Waals surface area contributed by atoms with Crippen molar-refractivity contribution in [1.29, 1.82) is 0 Å². The molecule has 2 N–H and O–H groups in total. The first-order valence-corrected chi connectivity index (χ1v) is 6.22. The maximum Gasteiger partial charge on any atom is 0.179 e. The predicted octanol–water partition coefficient (Wildman–Crippen LogP) is 2.08. The third-order valence-electron chi connectivity index (χ3n) is 2.68. The molecule has 0 aliphatic heterocycles. The highest BCUT2D eigenvalue weighted by Gasteiger charge is 2.12. The van der Waals surface area contributed by atoms with Gasteiger partial charge in [0.1, 0.15) is 0 Å². The van der Waals surface area contributed by atoms with E-state index in [0.29, 0.717) is 23.1 Å². The van der Waals surface area contributed by atoms with Crippen molar-refractivity contribution >= 4 is 11.6 Å². The summed E-state index contributed by atoms with van der Waals surface area (Å²) in [5.74, 6) is 1.40. The number of rotatable bonds is 7. The maximum absolute atomic E-state index is 8.93. The van der Waals surface area contributed by atoms with E-state index in [1.54, 1.807) is 14.2 Å². The number of hydrogen-bond donors (Lipinski definition) is 2. The molecule has 0 bridgehead atoms. The van der Waals surface area contributed by atoms with E-state index in [4.69, 9.17) is 26.2 Å². The summed E-state index contributed by atoms with van der Waals surface area (Å²) in [6.07, 6.45) is 0. The third kappa shape index (κ3) is 3.77. The molecule has 0 spiro atoms. The molecular formula is C13H20ClNO3. The topological polar surface area (TPSA) is 50.7 Å². The first-order chi connectivity index (χ1) is 8.63. The molecular weight excluding hydrogens is 254 g/mol. The molecule has 0 heterocycles. The molecule has 0 saturated heterocycles. The summed E-state index contributed by atoms with van der Waals surface area (Å²) in [7, 11) is 3.14. The quantitative estimate of drug-likeness (QED) is 0.799. The summed E-state index contributed by atoms with van der Waals surface area (Å²) >= 11 is 6.25. The third-order valence-corrected chi connectivity index (χ3v) is 3.10. The number of hydrogen-bond acceptors (Lipinski definition) is 4. The molecule has 1 rings (SSSR count). The minimum absolute atomic E-state index is 0.173. The summed E-state index contributed by atoms with van der Waals surface area (Å²) in [5, 5.41) is 12.7. The average Bonchev–Trinajstić information content (AvgIpc) is 2.39. The SMILES string of the molecule is COc1ccc(CNCC(C)CO)c(Cl)c1OC. The zero-order valence-electron chi connectivity index (χ0n) is 11.0. The van der Waals surface area contributed by atoms with Crippen LogP contribution in [0.4, 0.5) is 0 Å². The van der Waals surface area contributed by atoms with Crippen molar-refractivity contribution in [3.63, 3.8) is 0 Å². The fourth-order valence-electron chi connectivity index (χ4n) is 1.58. The van der Waals surface area contributed by atoms with Crippen molar-refractivity contribution in [1.82, 2.24) is 5.32 Å². The van der Waals surface area contributed by atoms with Crippen molar-refractivity contribution < 1.29 is 14.6 Å². The molecule has 1 atom stereocenters. The lowest BCUT2D eigenvalue weighted by atomic mass is 10.1. The minimum Gasteiger partial charge on any atom is -0.493 e. The smallest absolute Gasteiger partial charge is 0.179 e. The van der Waals surface area contributed by atoms with Crippen LogP contribution in [0, 0.1) is 5.92 Å². The Bertz CT molecular complexity index is 385. The van der Waals surface area contributed by atoms with E-state index in [0.717, 1.165) is 12.1 Å². The summed E-state index contributed by atoms with van der Waals surface area (Å²) < 4.78 is 10.4. The van der Waals surface area contributed by atoms with Crippen molar-refractivity contribution in [2.45, 2.75) is 13.5 Å². The van der Waals surface area contributed by atoms with E-state index in [-0.39, 0.29) is 12.5 Å². The molecule has 1 unspecified atom stereocenters. The molecule has 4 nitrogen and oxygen atoms in total. The lowest BCUT2D eigenvalue weighted by Crippen LogP contribution is -2.22. The van der Waals surface area contributed by atoms with E-state index < -0.39 is 0 Å². The van der Waals surface area contributed by atoms with E-state index in [9.17, 15) is 0 Å². The second kappa shape index (κ2) is 7.46. The lowest BCUT2D eigenvalue weighted by Gasteiger charge is -2.14. The van der Waals surface area contributed by atoms with Gasteiger partial charge in [0, 0.05) is 19.7 Å². The molecule has 0 fully saturated rings. The van der Waals surface area contributed by atoms with Crippen LogP contribution < -0.4 is 14.8 Å². The number of halogens is 1. The van der Waals surface area contributed by atoms with Gasteiger partial charge in [-0.1, -0.05) is 24.6 Å². The fraction of sp³-hybridized carbons (Fsp3) is 0.538. The van der Waals surface area contributed by atoms with Gasteiger partial charge in [0.2, 0.25) is 0 Å². The first kappa shape index (κ1) is 15.1. The normalized spacial score (nSPS) is 12.3. The van der Waals surface area contributed by atoms with E-state index in [1.165, 1.54) is 0 Å². The molecule has 5 heteroatoms. The van der Waals surface area contributed by atoms with Crippen LogP contribution in [0.1, 0.15) is 12.5 Å². The number of aliphatic hydroxyl groups excluding tert-OH is 1. The highest BCUT2D eigenvalue weighted by Crippen LogP contribution is 2.37. The highest BCUT2D eigenvalue weighted by atomic mass is 35.5. The molecule has 18 heavy (non-hydrogen) atoms. The van der Waals surface area contributed by atoms with Gasteiger partial charge >= 0.3 is 0 Å². The first-order valence-electron chi connectivity index (χ1n) is 5.85. The predicted molar refractivity (Wildman–Crippen MR) is 72.5 cm³/mol. The second-order valence-corrected chi connectivity index (χ2v) is 4.57. The standard InChI is InChI=1S/C13H20ClNO3/c1-9(8-16)6-15-7-10-4-5-11(17-2)13(18-3)12(10)14/h4-5,9,15-16H,6-8H2,1-3H3. The van der Waals surface area contributed by atoms with Crippen LogP contribution in [-0.2, 0) is 6.54 Å². The molecule has 0 saturated carbocycles. The Morgan fingerprint density at radius 2 is 2.06 bits per heavy atom.